The van der Waals surface area contributed by atoms with Crippen LogP contribution < -0.4 is 10.1 Å². The van der Waals surface area contributed by atoms with Gasteiger partial charge in [0.25, 0.3) is 11.7 Å². The number of amides is 1. The first-order chi connectivity index (χ1) is 15.0. The summed E-state index contributed by atoms with van der Waals surface area (Å²) in [5.41, 5.74) is 4.01. The minimum Gasteiger partial charge on any atom is -0.495 e. The van der Waals surface area contributed by atoms with Gasteiger partial charge in [0.2, 0.25) is 0 Å². The second kappa shape index (κ2) is 8.77. The molecule has 0 fully saturated rings. The van der Waals surface area contributed by atoms with Gasteiger partial charge in [-0.3, -0.25) is 4.79 Å². The number of carbonyl (C=O) groups is 1. The lowest BCUT2D eigenvalue weighted by atomic mass is 10.1. The van der Waals surface area contributed by atoms with Crippen molar-refractivity contribution in [2.24, 2.45) is 0 Å². The van der Waals surface area contributed by atoms with Gasteiger partial charge in [-0.25, -0.2) is 4.98 Å². The van der Waals surface area contributed by atoms with Crippen molar-refractivity contribution in [1.29, 1.82) is 0 Å². The molecule has 2 aromatic heterocycles. The number of methoxy groups -OCH3 is 1. The Balaban J connectivity index is 1.68. The van der Waals surface area contributed by atoms with Crippen molar-refractivity contribution in [3.05, 3.63) is 78.1 Å². The number of halogens is 2. The molecule has 0 bridgehead atoms. The summed E-state index contributed by atoms with van der Waals surface area (Å²) in [6.07, 6.45) is 3.83. The van der Waals surface area contributed by atoms with E-state index in [0.29, 0.717) is 23.2 Å². The molecule has 0 saturated heterocycles. The molecule has 1 amide bonds. The Morgan fingerprint density at radius 3 is 2.71 bits per heavy atom. The normalized spacial score (nSPS) is 11.1. The zero-order chi connectivity index (χ0) is 22.0. The molecule has 0 aliphatic rings. The number of imidazole rings is 1. The largest absolute Gasteiger partial charge is 0.495 e. The number of aryl methyl sites for hydroxylation is 1. The van der Waals surface area contributed by atoms with Gasteiger partial charge in [0, 0.05) is 22.9 Å². The first kappa shape index (κ1) is 20.9. The molecular formula is C23H19F2N3O2S. The number of hydrogen-bond donors (Lipinski definition) is 1. The molecule has 8 heteroatoms. The summed E-state index contributed by atoms with van der Waals surface area (Å²) < 4.78 is 33.1. The zero-order valence-corrected chi connectivity index (χ0v) is 17.6. The number of nitrogens with one attached hydrogen (secondary N) is 1. The molecule has 31 heavy (non-hydrogen) atoms. The number of pyridine rings is 1. The second-order valence-corrected chi connectivity index (χ2v) is 7.82. The van der Waals surface area contributed by atoms with Crippen LogP contribution in [0, 0.1) is 6.92 Å². The molecule has 0 spiro atoms. The zero-order valence-electron chi connectivity index (χ0n) is 16.8. The Bertz CT molecular complexity index is 1260. The van der Waals surface area contributed by atoms with Gasteiger partial charge in [-0.1, -0.05) is 30.0 Å². The van der Waals surface area contributed by atoms with E-state index in [1.165, 1.54) is 19.2 Å². The van der Waals surface area contributed by atoms with Crippen molar-refractivity contribution in [2.45, 2.75) is 17.6 Å². The molecule has 0 aliphatic heterocycles. The average Bonchev–Trinajstić information content (AvgIpc) is 3.19. The number of ether oxygens (including phenoxy) is 1. The Kier molecular flexibility index (Phi) is 5.90. The quantitative estimate of drug-likeness (QED) is 0.381. The molecule has 2 heterocycles. The molecule has 0 unspecified atom stereocenters. The molecular weight excluding hydrogens is 420 g/mol. The third-order valence-corrected chi connectivity index (χ3v) is 5.56. The van der Waals surface area contributed by atoms with E-state index in [1.807, 2.05) is 41.9 Å². The van der Waals surface area contributed by atoms with Gasteiger partial charge in [-0.05, 0) is 48.9 Å². The molecule has 4 aromatic rings. The fraction of sp³-hybridized carbons (Fsp3) is 0.130. The van der Waals surface area contributed by atoms with Crippen LogP contribution >= 0.6 is 11.8 Å². The van der Waals surface area contributed by atoms with Crippen LogP contribution in [0.5, 0.6) is 5.75 Å². The third kappa shape index (κ3) is 4.39. The monoisotopic (exact) mass is 439 g/mol. The van der Waals surface area contributed by atoms with E-state index in [9.17, 15) is 13.6 Å². The summed E-state index contributed by atoms with van der Waals surface area (Å²) in [4.78, 5) is 17.8. The van der Waals surface area contributed by atoms with Crippen LogP contribution in [0.25, 0.3) is 16.9 Å². The maximum absolute atomic E-state index is 12.9. The highest BCUT2D eigenvalue weighted by Gasteiger charge is 2.17. The number of rotatable bonds is 6. The topological polar surface area (TPSA) is 55.6 Å². The van der Waals surface area contributed by atoms with E-state index in [1.54, 1.807) is 24.3 Å². The van der Waals surface area contributed by atoms with Crippen molar-refractivity contribution in [2.75, 3.05) is 12.4 Å². The van der Waals surface area contributed by atoms with Gasteiger partial charge < -0.3 is 14.5 Å². The number of thioether (sulfide) groups is 1. The van der Waals surface area contributed by atoms with Crippen molar-refractivity contribution in [3.63, 3.8) is 0 Å². The van der Waals surface area contributed by atoms with Gasteiger partial charge in [0.1, 0.15) is 11.4 Å². The number of hydrogen-bond acceptors (Lipinski definition) is 4. The highest BCUT2D eigenvalue weighted by Crippen LogP contribution is 2.33. The van der Waals surface area contributed by atoms with Crippen LogP contribution in [0.1, 0.15) is 15.9 Å². The van der Waals surface area contributed by atoms with Crippen molar-refractivity contribution in [3.8, 4) is 17.0 Å². The van der Waals surface area contributed by atoms with Crippen molar-refractivity contribution >= 4 is 29.0 Å². The standard InChI is InChI=1S/C23H19F2N3O2S/c1-14-6-5-11-28-13-18(26-21(14)28)15-9-10-19(30-2)17(12-15)27-22(29)16-7-3-4-8-20(16)31-23(24)25/h3-13,23H,1-2H3,(H,27,29). The lowest BCUT2D eigenvalue weighted by molar-refractivity contribution is 0.102. The third-order valence-electron chi connectivity index (χ3n) is 4.77. The van der Waals surface area contributed by atoms with Crippen molar-refractivity contribution < 1.29 is 18.3 Å². The van der Waals surface area contributed by atoms with Gasteiger partial charge in [0.15, 0.2) is 0 Å². The molecule has 0 aliphatic carbocycles. The average molecular weight is 439 g/mol. The van der Waals surface area contributed by atoms with Crippen LogP contribution in [-0.4, -0.2) is 28.2 Å². The van der Waals surface area contributed by atoms with Gasteiger partial charge in [-0.2, -0.15) is 8.78 Å². The predicted octanol–water partition coefficient (Wildman–Crippen LogP) is 5.89. The summed E-state index contributed by atoms with van der Waals surface area (Å²) in [6, 6.07) is 15.6. The second-order valence-electron chi connectivity index (χ2n) is 6.79. The van der Waals surface area contributed by atoms with E-state index in [0.717, 1.165) is 22.5 Å². The number of nitrogens with zero attached hydrogens (tertiary/aromatic N) is 2. The highest BCUT2D eigenvalue weighted by atomic mass is 32.2. The lowest BCUT2D eigenvalue weighted by Crippen LogP contribution is -2.14. The van der Waals surface area contributed by atoms with Gasteiger partial charge in [-0.15, -0.1) is 0 Å². The number of benzene rings is 2. The molecule has 4 rings (SSSR count). The summed E-state index contributed by atoms with van der Waals surface area (Å²) in [7, 11) is 1.50. The minimum atomic E-state index is -2.62. The smallest absolute Gasteiger partial charge is 0.288 e. The van der Waals surface area contributed by atoms with Gasteiger partial charge >= 0.3 is 0 Å². The van der Waals surface area contributed by atoms with Crippen LogP contribution in [0.15, 0.2) is 71.9 Å². The number of aromatic nitrogens is 2. The predicted molar refractivity (Wildman–Crippen MR) is 118 cm³/mol. The van der Waals surface area contributed by atoms with Crippen LogP contribution in [0.4, 0.5) is 14.5 Å². The highest BCUT2D eigenvalue weighted by molar-refractivity contribution is 7.99. The summed E-state index contributed by atoms with van der Waals surface area (Å²) >= 11 is 0.339. The minimum absolute atomic E-state index is 0.170. The Morgan fingerprint density at radius 2 is 1.97 bits per heavy atom. The molecule has 1 N–H and O–H groups in total. The maximum atomic E-state index is 12.9. The summed E-state index contributed by atoms with van der Waals surface area (Å²) in [5.74, 6) is -2.66. The van der Waals surface area contributed by atoms with E-state index < -0.39 is 11.7 Å². The number of alkyl halides is 2. The number of anilines is 1. The Hall–Kier alpha value is -3.39. The molecule has 0 saturated carbocycles. The van der Waals surface area contributed by atoms with Crippen LogP contribution in [0.3, 0.4) is 0 Å². The van der Waals surface area contributed by atoms with Gasteiger partial charge in [0.05, 0.1) is 24.1 Å². The Labute approximate surface area is 182 Å². The SMILES string of the molecule is COc1ccc(-c2cn3cccc(C)c3n2)cc1NC(=O)c1ccccc1SC(F)F. The molecule has 2 aromatic carbocycles. The summed E-state index contributed by atoms with van der Waals surface area (Å²) in [6.45, 7) is 1.99. The van der Waals surface area contributed by atoms with Crippen molar-refractivity contribution in [1.82, 2.24) is 9.38 Å². The van der Waals surface area contributed by atoms with Crippen LogP contribution in [-0.2, 0) is 0 Å². The fourth-order valence-corrected chi connectivity index (χ4v) is 3.94. The molecule has 0 atom stereocenters. The summed E-state index contributed by atoms with van der Waals surface area (Å²) in [5, 5.41) is 2.79. The molecule has 0 radical (unpaired) electrons. The van der Waals surface area contributed by atoms with E-state index in [4.69, 9.17) is 4.74 Å². The number of fused-ring (bicyclic) bond motifs is 1. The Morgan fingerprint density at radius 1 is 1.16 bits per heavy atom. The van der Waals surface area contributed by atoms with Crippen LogP contribution in [0.2, 0.25) is 0 Å². The first-order valence-corrected chi connectivity index (χ1v) is 10.3. The van der Waals surface area contributed by atoms with E-state index in [2.05, 4.69) is 10.3 Å². The first-order valence-electron chi connectivity index (χ1n) is 9.44. The van der Waals surface area contributed by atoms with E-state index in [-0.39, 0.29) is 10.5 Å². The van der Waals surface area contributed by atoms with E-state index >= 15 is 0 Å². The molecule has 158 valence electrons. The lowest BCUT2D eigenvalue weighted by Gasteiger charge is -2.13. The number of carbonyl (C=O) groups excluding carboxylic acids is 1. The molecule has 5 nitrogen and oxygen atoms in total. The maximum Gasteiger partial charge on any atom is 0.288 e. The fourth-order valence-electron chi connectivity index (χ4n) is 3.30.